The predicted octanol–water partition coefficient (Wildman–Crippen LogP) is 1.19. The average Bonchev–Trinajstić information content (AvgIpc) is 2.49. The minimum atomic E-state index is -1.11. The summed E-state index contributed by atoms with van der Waals surface area (Å²) in [5.41, 5.74) is 0.678. The summed E-state index contributed by atoms with van der Waals surface area (Å²) >= 11 is 0. The summed E-state index contributed by atoms with van der Waals surface area (Å²) in [6.07, 6.45) is -0.439. The second-order valence-electron chi connectivity index (χ2n) is 4.62. The SMILES string of the molecule is COc1ccc(OC)c(-n2nc(CC(=O)O)c(=O)cc2C)c1. The smallest absolute Gasteiger partial charge is 0.309 e. The molecule has 2 aromatic rings. The summed E-state index contributed by atoms with van der Waals surface area (Å²) in [6.45, 7) is 1.71. The molecule has 1 aromatic heterocycles. The van der Waals surface area contributed by atoms with Crippen molar-refractivity contribution >= 4 is 5.97 Å². The minimum Gasteiger partial charge on any atom is -0.497 e. The Kier molecular flexibility index (Phi) is 4.45. The van der Waals surface area contributed by atoms with Gasteiger partial charge < -0.3 is 14.6 Å². The number of hydrogen-bond donors (Lipinski definition) is 1. The van der Waals surface area contributed by atoms with Crippen LogP contribution in [0.3, 0.4) is 0 Å². The van der Waals surface area contributed by atoms with E-state index in [1.807, 2.05) is 0 Å². The van der Waals surface area contributed by atoms with Gasteiger partial charge in [-0.1, -0.05) is 0 Å². The molecule has 1 N–H and O–H groups in total. The zero-order valence-electron chi connectivity index (χ0n) is 12.5. The zero-order chi connectivity index (χ0) is 16.3. The van der Waals surface area contributed by atoms with E-state index in [9.17, 15) is 9.59 Å². The molecular weight excluding hydrogens is 288 g/mol. The molecule has 0 radical (unpaired) electrons. The Morgan fingerprint density at radius 3 is 2.59 bits per heavy atom. The molecule has 0 aliphatic heterocycles. The highest BCUT2D eigenvalue weighted by Crippen LogP contribution is 2.27. The molecule has 7 nitrogen and oxygen atoms in total. The van der Waals surface area contributed by atoms with Crippen LogP contribution in [0.25, 0.3) is 5.69 Å². The number of benzene rings is 1. The van der Waals surface area contributed by atoms with Crippen LogP contribution >= 0.6 is 0 Å². The fourth-order valence-electron chi connectivity index (χ4n) is 2.05. The lowest BCUT2D eigenvalue weighted by molar-refractivity contribution is -0.136. The summed E-state index contributed by atoms with van der Waals surface area (Å²) in [6, 6.07) is 6.50. The van der Waals surface area contributed by atoms with Gasteiger partial charge in [-0.25, -0.2) is 4.68 Å². The number of hydrogen-bond acceptors (Lipinski definition) is 5. The molecule has 7 heteroatoms. The van der Waals surface area contributed by atoms with Gasteiger partial charge in [0.15, 0.2) is 0 Å². The van der Waals surface area contributed by atoms with Gasteiger partial charge in [-0.2, -0.15) is 5.10 Å². The Hall–Kier alpha value is -2.83. The number of aromatic nitrogens is 2. The number of nitrogens with zero attached hydrogens (tertiary/aromatic N) is 2. The molecule has 0 atom stereocenters. The molecule has 2 rings (SSSR count). The lowest BCUT2D eigenvalue weighted by Gasteiger charge is -2.15. The summed E-state index contributed by atoms with van der Waals surface area (Å²) in [4.78, 5) is 22.7. The van der Waals surface area contributed by atoms with Gasteiger partial charge in [0, 0.05) is 17.8 Å². The Morgan fingerprint density at radius 2 is 2.00 bits per heavy atom. The van der Waals surface area contributed by atoms with Crippen molar-refractivity contribution in [1.29, 1.82) is 0 Å². The number of ether oxygens (including phenoxy) is 2. The standard InChI is InChI=1S/C15H16N2O5/c1-9-6-13(18)11(8-15(19)20)16-17(9)12-7-10(21-2)4-5-14(12)22-3/h4-7H,8H2,1-3H3,(H,19,20). The molecule has 0 unspecified atom stereocenters. The quantitative estimate of drug-likeness (QED) is 0.892. The molecule has 0 amide bonds. The van der Waals surface area contributed by atoms with Gasteiger partial charge in [-0.15, -0.1) is 0 Å². The van der Waals surface area contributed by atoms with Gasteiger partial charge in [0.25, 0.3) is 0 Å². The third kappa shape index (κ3) is 3.08. The molecule has 0 bridgehead atoms. The Morgan fingerprint density at radius 1 is 1.27 bits per heavy atom. The van der Waals surface area contributed by atoms with Crippen molar-refractivity contribution < 1.29 is 19.4 Å². The third-order valence-corrected chi connectivity index (χ3v) is 3.11. The second-order valence-corrected chi connectivity index (χ2v) is 4.62. The van der Waals surface area contributed by atoms with Gasteiger partial charge >= 0.3 is 5.97 Å². The number of carboxylic acid groups (broad SMARTS) is 1. The highest BCUT2D eigenvalue weighted by atomic mass is 16.5. The normalized spacial score (nSPS) is 10.3. The number of methoxy groups -OCH3 is 2. The highest BCUT2D eigenvalue weighted by Gasteiger charge is 2.14. The molecule has 0 aliphatic rings. The van der Waals surface area contributed by atoms with Gasteiger partial charge in [-0.3, -0.25) is 9.59 Å². The van der Waals surface area contributed by atoms with Crippen molar-refractivity contribution in [1.82, 2.24) is 9.78 Å². The van der Waals surface area contributed by atoms with E-state index in [0.29, 0.717) is 22.9 Å². The number of aryl methyl sites for hydroxylation is 1. The highest BCUT2D eigenvalue weighted by molar-refractivity contribution is 5.69. The van der Waals surface area contributed by atoms with Gasteiger partial charge in [0.1, 0.15) is 22.9 Å². The Balaban J connectivity index is 2.66. The lowest BCUT2D eigenvalue weighted by Crippen LogP contribution is -2.21. The van der Waals surface area contributed by atoms with Crippen LogP contribution in [0.5, 0.6) is 11.5 Å². The van der Waals surface area contributed by atoms with Gasteiger partial charge in [0.2, 0.25) is 5.43 Å². The van der Waals surface area contributed by atoms with E-state index >= 15 is 0 Å². The van der Waals surface area contributed by atoms with Crippen LogP contribution in [-0.4, -0.2) is 35.1 Å². The first-order valence-corrected chi connectivity index (χ1v) is 6.50. The number of rotatable bonds is 5. The molecule has 0 fully saturated rings. The molecule has 0 saturated heterocycles. The van der Waals surface area contributed by atoms with Gasteiger partial charge in [-0.05, 0) is 19.1 Å². The van der Waals surface area contributed by atoms with Crippen LogP contribution in [0.15, 0.2) is 29.1 Å². The summed E-state index contributed by atoms with van der Waals surface area (Å²) in [5, 5.41) is 13.0. The van der Waals surface area contributed by atoms with Crippen molar-refractivity contribution in [3.8, 4) is 17.2 Å². The number of aliphatic carboxylic acids is 1. The first-order valence-electron chi connectivity index (χ1n) is 6.50. The van der Waals surface area contributed by atoms with E-state index in [-0.39, 0.29) is 5.69 Å². The van der Waals surface area contributed by atoms with E-state index < -0.39 is 17.8 Å². The van der Waals surface area contributed by atoms with Crippen molar-refractivity contribution in [2.24, 2.45) is 0 Å². The maximum atomic E-state index is 11.8. The van der Waals surface area contributed by atoms with E-state index in [0.717, 1.165) is 0 Å². The number of carbonyl (C=O) groups is 1. The largest absolute Gasteiger partial charge is 0.497 e. The van der Waals surface area contributed by atoms with Crippen molar-refractivity contribution in [2.45, 2.75) is 13.3 Å². The Labute approximate surface area is 126 Å². The topological polar surface area (TPSA) is 90.7 Å². The van der Waals surface area contributed by atoms with Crippen LogP contribution in [0.2, 0.25) is 0 Å². The fraction of sp³-hybridized carbons (Fsp3) is 0.267. The molecule has 1 aromatic carbocycles. The molecule has 0 spiro atoms. The van der Waals surface area contributed by atoms with Crippen LogP contribution in [0, 0.1) is 6.92 Å². The summed E-state index contributed by atoms with van der Waals surface area (Å²) in [7, 11) is 3.05. The van der Waals surface area contributed by atoms with E-state index in [1.165, 1.54) is 25.0 Å². The monoisotopic (exact) mass is 304 g/mol. The van der Waals surface area contributed by atoms with E-state index in [2.05, 4.69) is 5.10 Å². The molecule has 1 heterocycles. The molecule has 0 aliphatic carbocycles. The average molecular weight is 304 g/mol. The zero-order valence-corrected chi connectivity index (χ0v) is 12.5. The van der Waals surface area contributed by atoms with E-state index in [1.54, 1.807) is 25.1 Å². The number of carboxylic acids is 1. The van der Waals surface area contributed by atoms with Crippen LogP contribution in [0.1, 0.15) is 11.4 Å². The third-order valence-electron chi connectivity index (χ3n) is 3.11. The molecular formula is C15H16N2O5. The van der Waals surface area contributed by atoms with Crippen molar-refractivity contribution in [3.63, 3.8) is 0 Å². The van der Waals surface area contributed by atoms with Crippen molar-refractivity contribution in [2.75, 3.05) is 14.2 Å². The minimum absolute atomic E-state index is 0.0389. The van der Waals surface area contributed by atoms with Gasteiger partial charge in [0.05, 0.1) is 20.6 Å². The second kappa shape index (κ2) is 6.30. The molecule has 22 heavy (non-hydrogen) atoms. The van der Waals surface area contributed by atoms with Crippen LogP contribution < -0.4 is 14.9 Å². The molecule has 0 saturated carbocycles. The molecule has 116 valence electrons. The maximum Gasteiger partial charge on any atom is 0.309 e. The summed E-state index contributed by atoms with van der Waals surface area (Å²) < 4.78 is 11.9. The predicted molar refractivity (Wildman–Crippen MR) is 79.0 cm³/mol. The summed E-state index contributed by atoms with van der Waals surface area (Å²) in [5.74, 6) is 0.00872. The Bertz CT molecular complexity index is 767. The van der Waals surface area contributed by atoms with Crippen LogP contribution in [-0.2, 0) is 11.2 Å². The fourth-order valence-corrected chi connectivity index (χ4v) is 2.05. The van der Waals surface area contributed by atoms with Crippen molar-refractivity contribution in [3.05, 3.63) is 45.9 Å². The first kappa shape index (κ1) is 15.6. The van der Waals surface area contributed by atoms with Crippen LogP contribution in [0.4, 0.5) is 0 Å². The van der Waals surface area contributed by atoms with E-state index in [4.69, 9.17) is 14.6 Å². The first-order chi connectivity index (χ1) is 10.5. The lowest BCUT2D eigenvalue weighted by atomic mass is 10.2. The maximum absolute atomic E-state index is 11.8.